The molecule has 0 unspecified atom stereocenters. The summed E-state index contributed by atoms with van der Waals surface area (Å²) in [5.41, 5.74) is 2.64. The monoisotopic (exact) mass is 333 g/mol. The Balaban J connectivity index is 1.83. The van der Waals surface area contributed by atoms with Crippen molar-refractivity contribution in [3.63, 3.8) is 0 Å². The summed E-state index contributed by atoms with van der Waals surface area (Å²) in [6.45, 7) is 5.81. The third-order valence-electron chi connectivity index (χ3n) is 5.33. The molecule has 2 heterocycles. The Morgan fingerprint density at radius 2 is 2.00 bits per heavy atom. The standard InChI is InChI=1S/C19H27NO4/c1-12-9-14(10-13(2)18(12)23-3)19(22)20-7-4-5-16(20)15-11-24-8-6-17(15)21/h9-10,15-17,21H,4-8,11H2,1-3H3/t15-,16-,17+/m1/s1. The van der Waals surface area contributed by atoms with Gasteiger partial charge in [-0.1, -0.05) is 0 Å². The van der Waals surface area contributed by atoms with Crippen molar-refractivity contribution in [3.05, 3.63) is 28.8 Å². The Hall–Kier alpha value is -1.59. The summed E-state index contributed by atoms with van der Waals surface area (Å²) in [5, 5.41) is 10.3. The number of amides is 1. The summed E-state index contributed by atoms with van der Waals surface area (Å²) < 4.78 is 10.9. The van der Waals surface area contributed by atoms with E-state index in [1.165, 1.54) is 0 Å². The van der Waals surface area contributed by atoms with Gasteiger partial charge in [0.2, 0.25) is 0 Å². The Morgan fingerprint density at radius 1 is 1.29 bits per heavy atom. The van der Waals surface area contributed by atoms with Crippen LogP contribution < -0.4 is 4.74 Å². The van der Waals surface area contributed by atoms with Crippen LogP contribution in [0.4, 0.5) is 0 Å². The Bertz CT molecular complexity index is 592. The molecule has 2 aliphatic heterocycles. The summed E-state index contributed by atoms with van der Waals surface area (Å²) in [5.74, 6) is 0.899. The number of carbonyl (C=O) groups excluding carboxylic acids is 1. The van der Waals surface area contributed by atoms with Crippen molar-refractivity contribution in [2.75, 3.05) is 26.9 Å². The maximum atomic E-state index is 13.1. The molecule has 0 bridgehead atoms. The molecule has 2 saturated heterocycles. The van der Waals surface area contributed by atoms with Crippen molar-refractivity contribution in [1.29, 1.82) is 0 Å². The van der Waals surface area contributed by atoms with Gasteiger partial charge in [-0.2, -0.15) is 0 Å². The molecule has 1 aromatic rings. The number of methoxy groups -OCH3 is 1. The largest absolute Gasteiger partial charge is 0.496 e. The van der Waals surface area contributed by atoms with Crippen LogP contribution in [0.1, 0.15) is 40.7 Å². The van der Waals surface area contributed by atoms with Gasteiger partial charge in [0.25, 0.3) is 5.91 Å². The van der Waals surface area contributed by atoms with Gasteiger partial charge in [0.1, 0.15) is 5.75 Å². The lowest BCUT2D eigenvalue weighted by atomic mass is 9.89. The molecule has 1 aromatic carbocycles. The minimum Gasteiger partial charge on any atom is -0.496 e. The van der Waals surface area contributed by atoms with E-state index in [-0.39, 0.29) is 24.0 Å². The second kappa shape index (κ2) is 7.11. The number of likely N-dealkylation sites (tertiary alicyclic amines) is 1. The fourth-order valence-electron chi connectivity index (χ4n) is 4.17. The fourth-order valence-corrected chi connectivity index (χ4v) is 4.17. The molecule has 24 heavy (non-hydrogen) atoms. The molecular weight excluding hydrogens is 306 g/mol. The molecule has 1 N–H and O–H groups in total. The summed E-state index contributed by atoms with van der Waals surface area (Å²) >= 11 is 0. The molecule has 0 spiro atoms. The van der Waals surface area contributed by atoms with Crippen LogP contribution in [0.15, 0.2) is 12.1 Å². The van der Waals surface area contributed by atoms with Crippen LogP contribution in [0.5, 0.6) is 5.75 Å². The number of ether oxygens (including phenoxy) is 2. The fraction of sp³-hybridized carbons (Fsp3) is 0.632. The molecule has 3 atom stereocenters. The van der Waals surface area contributed by atoms with E-state index in [0.29, 0.717) is 25.2 Å². The summed E-state index contributed by atoms with van der Waals surface area (Å²) in [7, 11) is 1.65. The predicted octanol–water partition coefficient (Wildman–Crippen LogP) is 2.31. The van der Waals surface area contributed by atoms with Crippen LogP contribution in [0, 0.1) is 19.8 Å². The van der Waals surface area contributed by atoms with E-state index >= 15 is 0 Å². The van der Waals surface area contributed by atoms with Crippen molar-refractivity contribution < 1.29 is 19.4 Å². The number of aryl methyl sites for hydroxylation is 2. The second-order valence-electron chi connectivity index (χ2n) is 6.95. The summed E-state index contributed by atoms with van der Waals surface area (Å²) in [6, 6.07) is 3.87. The zero-order valence-electron chi connectivity index (χ0n) is 14.7. The second-order valence-corrected chi connectivity index (χ2v) is 6.95. The lowest BCUT2D eigenvalue weighted by Gasteiger charge is -2.37. The van der Waals surface area contributed by atoms with Gasteiger partial charge in [-0.15, -0.1) is 0 Å². The number of aliphatic hydroxyl groups is 1. The number of aliphatic hydroxyl groups excluding tert-OH is 1. The van der Waals surface area contributed by atoms with E-state index < -0.39 is 0 Å². The molecule has 132 valence electrons. The van der Waals surface area contributed by atoms with Crippen molar-refractivity contribution >= 4 is 5.91 Å². The van der Waals surface area contributed by atoms with E-state index in [1.807, 2.05) is 30.9 Å². The smallest absolute Gasteiger partial charge is 0.254 e. The van der Waals surface area contributed by atoms with Gasteiger partial charge in [-0.3, -0.25) is 4.79 Å². The number of carbonyl (C=O) groups is 1. The van der Waals surface area contributed by atoms with Gasteiger partial charge < -0.3 is 19.5 Å². The van der Waals surface area contributed by atoms with Gasteiger partial charge in [0.05, 0.1) is 19.8 Å². The highest BCUT2D eigenvalue weighted by Crippen LogP contribution is 2.32. The van der Waals surface area contributed by atoms with E-state index in [4.69, 9.17) is 9.47 Å². The zero-order chi connectivity index (χ0) is 17.3. The number of hydrogen-bond donors (Lipinski definition) is 1. The first-order valence-electron chi connectivity index (χ1n) is 8.75. The molecule has 0 aliphatic carbocycles. The number of nitrogens with zero attached hydrogens (tertiary/aromatic N) is 1. The van der Waals surface area contributed by atoms with Crippen molar-refractivity contribution in [3.8, 4) is 5.75 Å². The quantitative estimate of drug-likeness (QED) is 0.922. The number of hydrogen-bond acceptors (Lipinski definition) is 4. The van der Waals surface area contributed by atoms with Gasteiger partial charge >= 0.3 is 0 Å². The highest BCUT2D eigenvalue weighted by atomic mass is 16.5. The van der Waals surface area contributed by atoms with Gasteiger partial charge in [0.15, 0.2) is 0 Å². The minimum atomic E-state index is -0.378. The highest BCUT2D eigenvalue weighted by Gasteiger charge is 2.39. The molecule has 0 saturated carbocycles. The molecule has 0 radical (unpaired) electrons. The summed E-state index contributed by atoms with van der Waals surface area (Å²) in [6.07, 6.45) is 2.19. The Kier molecular flexibility index (Phi) is 5.11. The van der Waals surface area contributed by atoms with Crippen molar-refractivity contribution in [2.45, 2.75) is 45.3 Å². The van der Waals surface area contributed by atoms with Crippen LogP contribution in [-0.2, 0) is 4.74 Å². The first-order chi connectivity index (χ1) is 11.5. The van der Waals surface area contributed by atoms with Crippen LogP contribution in [0.2, 0.25) is 0 Å². The van der Waals surface area contributed by atoms with E-state index in [1.54, 1.807) is 7.11 Å². The molecule has 2 aliphatic rings. The summed E-state index contributed by atoms with van der Waals surface area (Å²) in [4.78, 5) is 15.0. The maximum Gasteiger partial charge on any atom is 0.254 e. The van der Waals surface area contributed by atoms with Gasteiger partial charge in [-0.25, -0.2) is 0 Å². The molecule has 5 nitrogen and oxygen atoms in total. The van der Waals surface area contributed by atoms with Crippen molar-refractivity contribution in [1.82, 2.24) is 4.90 Å². The number of benzene rings is 1. The van der Waals surface area contributed by atoms with E-state index in [0.717, 1.165) is 36.3 Å². The SMILES string of the molecule is COc1c(C)cc(C(=O)N2CCC[C@@H]2[C@H]2COCC[C@@H]2O)cc1C. The van der Waals surface area contributed by atoms with Crippen LogP contribution in [0.3, 0.4) is 0 Å². The van der Waals surface area contributed by atoms with E-state index in [2.05, 4.69) is 0 Å². The maximum absolute atomic E-state index is 13.1. The number of rotatable bonds is 3. The molecule has 3 rings (SSSR count). The third-order valence-corrected chi connectivity index (χ3v) is 5.33. The highest BCUT2D eigenvalue weighted by molar-refractivity contribution is 5.95. The molecule has 2 fully saturated rings. The minimum absolute atomic E-state index is 0.0191. The first kappa shape index (κ1) is 17.2. The zero-order valence-corrected chi connectivity index (χ0v) is 14.7. The van der Waals surface area contributed by atoms with E-state index in [9.17, 15) is 9.90 Å². The average Bonchev–Trinajstić information content (AvgIpc) is 3.03. The topological polar surface area (TPSA) is 59.0 Å². The van der Waals surface area contributed by atoms with Crippen LogP contribution in [0.25, 0.3) is 0 Å². The lowest BCUT2D eigenvalue weighted by Crippen LogP contribution is -2.48. The Labute approximate surface area is 143 Å². The Morgan fingerprint density at radius 3 is 2.62 bits per heavy atom. The normalized spacial score (nSPS) is 27.3. The van der Waals surface area contributed by atoms with Crippen molar-refractivity contribution in [2.24, 2.45) is 5.92 Å². The predicted molar refractivity (Wildman–Crippen MR) is 91.5 cm³/mol. The van der Waals surface area contributed by atoms with Gasteiger partial charge in [-0.05, 0) is 56.4 Å². The molecule has 1 amide bonds. The molecule has 0 aromatic heterocycles. The third kappa shape index (κ3) is 3.15. The van der Waals surface area contributed by atoms with Crippen LogP contribution in [-0.4, -0.2) is 54.9 Å². The molecular formula is C19H27NO4. The average molecular weight is 333 g/mol. The van der Waals surface area contributed by atoms with Crippen LogP contribution >= 0.6 is 0 Å². The van der Waals surface area contributed by atoms with Gasteiger partial charge in [0, 0.05) is 30.7 Å². The first-order valence-corrected chi connectivity index (χ1v) is 8.75. The molecule has 5 heteroatoms. The lowest BCUT2D eigenvalue weighted by molar-refractivity contribution is -0.0589.